The maximum atomic E-state index is 13.9. The van der Waals surface area contributed by atoms with Crippen molar-refractivity contribution in [3.05, 3.63) is 83.2 Å². The lowest BCUT2D eigenvalue weighted by Crippen LogP contribution is -2.11. The Kier molecular flexibility index (Phi) is 6.34. The lowest BCUT2D eigenvalue weighted by molar-refractivity contribution is 0.392. The molecule has 0 saturated carbocycles. The molecule has 4 heteroatoms. The number of hydrogen-bond acceptors (Lipinski definition) is 3. The Morgan fingerprint density at radius 3 is 1.50 bits per heavy atom. The van der Waals surface area contributed by atoms with Crippen molar-refractivity contribution in [1.82, 2.24) is 0 Å². The Morgan fingerprint density at radius 2 is 1.17 bits per heavy atom. The molecular weight excluding hydrogens is 391 g/mol. The minimum absolute atomic E-state index is 0.0459. The number of hydrogen-bond donors (Lipinski definition) is 0. The first-order valence-corrected chi connectivity index (χ1v) is 12.1. The Morgan fingerprint density at radius 1 is 0.733 bits per heavy atom. The molecule has 1 aliphatic rings. The van der Waals surface area contributed by atoms with Crippen molar-refractivity contribution >= 4 is 7.60 Å². The highest BCUT2D eigenvalue weighted by molar-refractivity contribution is 7.59. The highest BCUT2D eigenvalue weighted by Gasteiger charge is 2.34. The monoisotopic (exact) mass is 424 g/mol. The van der Waals surface area contributed by atoms with Crippen molar-refractivity contribution in [2.45, 2.75) is 65.2 Å². The van der Waals surface area contributed by atoms with Gasteiger partial charge in [0.15, 0.2) is 0 Å². The predicted octanol–water partition coefficient (Wildman–Crippen LogP) is 8.17. The third-order valence-corrected chi connectivity index (χ3v) is 7.21. The van der Waals surface area contributed by atoms with Crippen LogP contribution in [-0.2, 0) is 15.4 Å². The third-order valence-electron chi connectivity index (χ3n) is 5.24. The maximum absolute atomic E-state index is 13.9. The summed E-state index contributed by atoms with van der Waals surface area (Å²) in [4.78, 5) is 0. The normalized spacial score (nSPS) is 14.9. The van der Waals surface area contributed by atoms with Gasteiger partial charge in [-0.25, -0.2) is 4.57 Å². The molecule has 0 radical (unpaired) electrons. The zero-order valence-corrected chi connectivity index (χ0v) is 19.8. The van der Waals surface area contributed by atoms with Crippen LogP contribution in [0.5, 0.6) is 11.5 Å². The minimum atomic E-state index is -3.54. The summed E-state index contributed by atoms with van der Waals surface area (Å²) in [7, 11) is -3.54. The van der Waals surface area contributed by atoms with E-state index in [1.807, 2.05) is 60.7 Å². The molecule has 0 aliphatic heterocycles. The molecule has 0 aromatic heterocycles. The summed E-state index contributed by atoms with van der Waals surface area (Å²) in [5.41, 5.74) is 2.49. The first-order chi connectivity index (χ1) is 14.0. The summed E-state index contributed by atoms with van der Waals surface area (Å²) < 4.78 is 26.0. The molecule has 160 valence electrons. The standard InChI is InChI=1S/C26H33O3P/c1-25(2,3)20-12-16-22(17-13-20)28-30(27,24-10-8-7-9-11-24)29-23-18-14-21(15-19-23)26(4,5)6/h7-8,10,12-19H,9,11H2,1-6H3. The van der Waals surface area contributed by atoms with Gasteiger partial charge in [0.1, 0.15) is 11.5 Å². The van der Waals surface area contributed by atoms with Crippen molar-refractivity contribution in [1.29, 1.82) is 0 Å². The van der Waals surface area contributed by atoms with Crippen LogP contribution in [-0.4, -0.2) is 0 Å². The van der Waals surface area contributed by atoms with Crippen LogP contribution in [0.1, 0.15) is 65.5 Å². The molecular formula is C26H33O3P. The van der Waals surface area contributed by atoms with Crippen molar-refractivity contribution in [3.63, 3.8) is 0 Å². The van der Waals surface area contributed by atoms with E-state index < -0.39 is 7.60 Å². The van der Waals surface area contributed by atoms with Crippen LogP contribution in [0.15, 0.2) is 72.1 Å². The largest absolute Gasteiger partial charge is 0.458 e. The zero-order chi connectivity index (χ0) is 22.0. The Labute approximate surface area is 181 Å². The van der Waals surface area contributed by atoms with Crippen LogP contribution in [0, 0.1) is 0 Å². The molecule has 0 bridgehead atoms. The fourth-order valence-corrected chi connectivity index (χ4v) is 5.01. The van der Waals surface area contributed by atoms with E-state index in [0.717, 1.165) is 6.42 Å². The highest BCUT2D eigenvalue weighted by atomic mass is 31.2. The molecule has 2 aromatic carbocycles. The lowest BCUT2D eigenvalue weighted by atomic mass is 9.87. The van der Waals surface area contributed by atoms with E-state index >= 15 is 0 Å². The number of allylic oxidation sites excluding steroid dienone is 4. The van der Waals surface area contributed by atoms with Gasteiger partial charge in [-0.05, 0) is 65.1 Å². The molecule has 3 nitrogen and oxygen atoms in total. The zero-order valence-electron chi connectivity index (χ0n) is 18.9. The topological polar surface area (TPSA) is 35.5 Å². The molecule has 0 N–H and O–H groups in total. The van der Waals surface area contributed by atoms with Crippen molar-refractivity contribution < 1.29 is 13.6 Å². The molecule has 30 heavy (non-hydrogen) atoms. The molecule has 0 fully saturated rings. The first-order valence-electron chi connectivity index (χ1n) is 10.5. The highest BCUT2D eigenvalue weighted by Crippen LogP contribution is 2.57. The molecule has 0 heterocycles. The van der Waals surface area contributed by atoms with Gasteiger partial charge in [0.2, 0.25) is 0 Å². The van der Waals surface area contributed by atoms with Crippen molar-refractivity contribution in [3.8, 4) is 11.5 Å². The third kappa shape index (κ3) is 5.46. The van der Waals surface area contributed by atoms with E-state index in [1.165, 1.54) is 11.1 Å². The fourth-order valence-electron chi connectivity index (χ4n) is 3.26. The average molecular weight is 425 g/mol. The first kappa shape index (κ1) is 22.4. The number of rotatable bonds is 5. The summed E-state index contributed by atoms with van der Waals surface area (Å²) in [6.45, 7) is 13.0. The summed E-state index contributed by atoms with van der Waals surface area (Å²) in [6.07, 6.45) is 7.33. The Balaban J connectivity index is 1.89. The van der Waals surface area contributed by atoms with E-state index in [9.17, 15) is 4.57 Å². The van der Waals surface area contributed by atoms with E-state index in [-0.39, 0.29) is 10.8 Å². The quantitative estimate of drug-likeness (QED) is 0.454. The SMILES string of the molecule is CC(C)(C)c1ccc(OP(=O)(Oc2ccc(C(C)(C)C)cc2)C2=CC=CCC2)cc1. The average Bonchev–Trinajstić information content (AvgIpc) is 2.68. The molecule has 3 rings (SSSR count). The maximum Gasteiger partial charge on any atom is 0.458 e. The van der Waals surface area contributed by atoms with Gasteiger partial charge in [0, 0.05) is 0 Å². The van der Waals surface area contributed by atoms with E-state index in [1.54, 1.807) is 0 Å². The predicted molar refractivity (Wildman–Crippen MR) is 126 cm³/mol. The van der Waals surface area contributed by atoms with E-state index in [2.05, 4.69) is 47.6 Å². The summed E-state index contributed by atoms with van der Waals surface area (Å²) in [6, 6.07) is 15.6. The molecule has 0 atom stereocenters. The summed E-state index contributed by atoms with van der Waals surface area (Å²) in [5, 5.41) is 0.699. The van der Waals surface area contributed by atoms with Crippen molar-refractivity contribution in [2.75, 3.05) is 0 Å². The van der Waals surface area contributed by atoms with Crippen LogP contribution < -0.4 is 9.05 Å². The van der Waals surface area contributed by atoms with Gasteiger partial charge in [-0.15, -0.1) is 0 Å². The second-order valence-electron chi connectivity index (χ2n) is 9.85. The molecule has 0 unspecified atom stereocenters. The van der Waals surface area contributed by atoms with Gasteiger partial charge in [-0.2, -0.15) is 0 Å². The summed E-state index contributed by atoms with van der Waals surface area (Å²) in [5.74, 6) is 1.10. The smallest absolute Gasteiger partial charge is 0.413 e. The minimum Gasteiger partial charge on any atom is -0.413 e. The van der Waals surface area contributed by atoms with Gasteiger partial charge in [0.25, 0.3) is 0 Å². The van der Waals surface area contributed by atoms with Gasteiger partial charge in [0.05, 0.1) is 5.31 Å². The van der Waals surface area contributed by atoms with Gasteiger partial charge in [-0.3, -0.25) is 0 Å². The Hall–Kier alpha value is -2.25. The second kappa shape index (κ2) is 8.47. The molecule has 0 saturated heterocycles. The van der Waals surface area contributed by atoms with Crippen LogP contribution >= 0.6 is 7.60 Å². The number of benzene rings is 2. The summed E-state index contributed by atoms with van der Waals surface area (Å²) >= 11 is 0. The Bertz CT molecular complexity index is 905. The fraction of sp³-hybridized carbons (Fsp3) is 0.385. The van der Waals surface area contributed by atoms with Crippen LogP contribution in [0.3, 0.4) is 0 Å². The molecule has 0 spiro atoms. The van der Waals surface area contributed by atoms with E-state index in [0.29, 0.717) is 23.2 Å². The van der Waals surface area contributed by atoms with Crippen molar-refractivity contribution in [2.24, 2.45) is 0 Å². The molecule has 1 aliphatic carbocycles. The van der Waals surface area contributed by atoms with Gasteiger partial charge < -0.3 is 9.05 Å². The second-order valence-corrected chi connectivity index (χ2v) is 11.8. The van der Waals surface area contributed by atoms with E-state index in [4.69, 9.17) is 9.05 Å². The van der Waals surface area contributed by atoms with Crippen LogP contribution in [0.4, 0.5) is 0 Å². The van der Waals surface area contributed by atoms with Gasteiger partial charge in [-0.1, -0.05) is 78.0 Å². The molecule has 0 amide bonds. The van der Waals surface area contributed by atoms with Crippen LogP contribution in [0.2, 0.25) is 0 Å². The van der Waals surface area contributed by atoms with Gasteiger partial charge >= 0.3 is 7.60 Å². The van der Waals surface area contributed by atoms with Crippen LogP contribution in [0.25, 0.3) is 0 Å². The lowest BCUT2D eigenvalue weighted by Gasteiger charge is -2.25. The molecule has 2 aromatic rings.